The van der Waals surface area contributed by atoms with Crippen LogP contribution in [-0.2, 0) is 23.1 Å². The fraction of sp³-hybridized carbons (Fsp3) is 0.294. The largest absolute Gasteiger partial charge is 0.352 e. The highest BCUT2D eigenvalue weighted by Gasteiger charge is 2.20. The van der Waals surface area contributed by atoms with Crippen LogP contribution in [0.5, 0.6) is 0 Å². The number of guanidine groups is 1. The molecule has 9 heteroatoms. The Bertz CT molecular complexity index is 826. The van der Waals surface area contributed by atoms with E-state index in [2.05, 4.69) is 20.6 Å². The molecular weight excluding hydrogens is 465 g/mol. The molecule has 0 amide bonds. The molecule has 2 aromatic rings. The van der Waals surface area contributed by atoms with Crippen LogP contribution in [0.3, 0.4) is 0 Å². The van der Waals surface area contributed by atoms with Crippen molar-refractivity contribution in [3.05, 3.63) is 59.9 Å². The second-order valence-electron chi connectivity index (χ2n) is 5.50. The smallest absolute Gasteiger partial charge is 0.242 e. The number of aromatic nitrogens is 1. The van der Waals surface area contributed by atoms with Crippen molar-refractivity contribution in [2.75, 3.05) is 21.1 Å². The van der Waals surface area contributed by atoms with Crippen LogP contribution in [-0.4, -0.2) is 44.8 Å². The van der Waals surface area contributed by atoms with E-state index in [0.29, 0.717) is 24.6 Å². The molecule has 0 spiro atoms. The van der Waals surface area contributed by atoms with Gasteiger partial charge in [0.05, 0.1) is 17.1 Å². The van der Waals surface area contributed by atoms with Crippen molar-refractivity contribution in [1.82, 2.24) is 19.9 Å². The summed E-state index contributed by atoms with van der Waals surface area (Å²) in [6.45, 7) is 0.864. The topological polar surface area (TPSA) is 86.7 Å². The maximum atomic E-state index is 12.4. The molecule has 142 valence electrons. The minimum absolute atomic E-state index is 0. The molecule has 1 heterocycles. The van der Waals surface area contributed by atoms with Gasteiger partial charge in [-0.2, -0.15) is 0 Å². The van der Waals surface area contributed by atoms with Crippen molar-refractivity contribution in [3.8, 4) is 0 Å². The van der Waals surface area contributed by atoms with Crippen molar-refractivity contribution in [1.29, 1.82) is 0 Å². The van der Waals surface area contributed by atoms with Crippen LogP contribution < -0.4 is 10.6 Å². The number of nitrogens with zero attached hydrogens (tertiary/aromatic N) is 3. The van der Waals surface area contributed by atoms with Gasteiger partial charge in [-0.3, -0.25) is 9.98 Å². The highest BCUT2D eigenvalue weighted by Crippen LogP contribution is 2.18. The Hall–Kier alpha value is -1.72. The summed E-state index contributed by atoms with van der Waals surface area (Å²) >= 11 is 0. The molecule has 0 fully saturated rings. The minimum atomic E-state index is -3.49. The zero-order valence-corrected chi connectivity index (χ0v) is 18.2. The third-order valence-corrected chi connectivity index (χ3v) is 5.48. The molecule has 0 bridgehead atoms. The van der Waals surface area contributed by atoms with E-state index in [1.165, 1.54) is 18.4 Å². The number of hydrogen-bond acceptors (Lipinski definition) is 4. The number of sulfonamides is 1. The average Bonchev–Trinajstić information content (AvgIpc) is 2.63. The van der Waals surface area contributed by atoms with Gasteiger partial charge in [-0.25, -0.2) is 12.7 Å². The zero-order valence-electron chi connectivity index (χ0n) is 15.0. The first-order valence-corrected chi connectivity index (χ1v) is 9.24. The predicted octanol–water partition coefficient (Wildman–Crippen LogP) is 1.82. The number of pyridine rings is 1. The maximum absolute atomic E-state index is 12.4. The second-order valence-corrected chi connectivity index (χ2v) is 7.62. The first kappa shape index (κ1) is 22.3. The molecular formula is C17H24IN5O2S. The van der Waals surface area contributed by atoms with Gasteiger partial charge in [0.15, 0.2) is 5.96 Å². The van der Waals surface area contributed by atoms with Gasteiger partial charge < -0.3 is 10.6 Å². The van der Waals surface area contributed by atoms with Gasteiger partial charge in [-0.1, -0.05) is 24.3 Å². The summed E-state index contributed by atoms with van der Waals surface area (Å²) in [6.07, 6.45) is 1.73. The molecule has 0 aliphatic rings. The molecule has 2 N–H and O–H groups in total. The number of hydrogen-bond donors (Lipinski definition) is 2. The lowest BCUT2D eigenvalue weighted by molar-refractivity contribution is 0.519. The van der Waals surface area contributed by atoms with Gasteiger partial charge in [-0.05, 0) is 23.8 Å². The van der Waals surface area contributed by atoms with Gasteiger partial charge in [0.1, 0.15) is 0 Å². The second kappa shape index (κ2) is 10.4. The number of halogens is 1. The Balaban J connectivity index is 0.00000338. The molecule has 0 saturated carbocycles. The van der Waals surface area contributed by atoms with E-state index in [9.17, 15) is 8.42 Å². The standard InChI is InChI=1S/C17H23N5O2S.HI/c1-18-17(21-13-15-9-6-7-11-19-15)20-12-14-8-4-5-10-16(14)25(23,24)22(2)3;/h4-11H,12-13H2,1-3H3,(H2,18,20,21);1H. The third-order valence-electron chi connectivity index (χ3n) is 3.56. The summed E-state index contributed by atoms with van der Waals surface area (Å²) < 4.78 is 26.1. The van der Waals surface area contributed by atoms with Crippen LogP contribution in [0.2, 0.25) is 0 Å². The lowest BCUT2D eigenvalue weighted by atomic mass is 10.2. The maximum Gasteiger partial charge on any atom is 0.242 e. The lowest BCUT2D eigenvalue weighted by Gasteiger charge is -2.16. The summed E-state index contributed by atoms with van der Waals surface area (Å²) in [4.78, 5) is 8.68. The molecule has 2 rings (SSSR count). The van der Waals surface area contributed by atoms with Crippen LogP contribution in [0.15, 0.2) is 58.5 Å². The van der Waals surface area contributed by atoms with Crippen molar-refractivity contribution >= 4 is 40.0 Å². The Morgan fingerprint density at radius 1 is 1.08 bits per heavy atom. The van der Waals surface area contributed by atoms with E-state index in [-0.39, 0.29) is 28.9 Å². The molecule has 7 nitrogen and oxygen atoms in total. The zero-order chi connectivity index (χ0) is 18.3. The fourth-order valence-corrected chi connectivity index (χ4v) is 3.29. The molecule has 0 radical (unpaired) electrons. The Kier molecular flexibility index (Phi) is 8.96. The van der Waals surface area contributed by atoms with E-state index in [1.54, 1.807) is 31.4 Å². The molecule has 0 saturated heterocycles. The predicted molar refractivity (Wildman–Crippen MR) is 114 cm³/mol. The minimum Gasteiger partial charge on any atom is -0.352 e. The van der Waals surface area contributed by atoms with E-state index >= 15 is 0 Å². The highest BCUT2D eigenvalue weighted by atomic mass is 127. The van der Waals surface area contributed by atoms with E-state index in [1.807, 2.05) is 24.3 Å². The summed E-state index contributed by atoms with van der Waals surface area (Å²) in [5.74, 6) is 0.572. The van der Waals surface area contributed by atoms with E-state index in [4.69, 9.17) is 0 Å². The Morgan fingerprint density at radius 2 is 1.73 bits per heavy atom. The first-order chi connectivity index (χ1) is 11.9. The Labute approximate surface area is 172 Å². The molecule has 1 aromatic carbocycles. The number of nitrogens with one attached hydrogen (secondary N) is 2. The first-order valence-electron chi connectivity index (χ1n) is 7.80. The van der Waals surface area contributed by atoms with Crippen LogP contribution in [0.25, 0.3) is 0 Å². The summed E-state index contributed by atoms with van der Waals surface area (Å²) in [5.41, 5.74) is 1.57. The number of benzene rings is 1. The Morgan fingerprint density at radius 3 is 2.35 bits per heavy atom. The van der Waals surface area contributed by atoms with Gasteiger partial charge in [0.25, 0.3) is 0 Å². The normalized spacial score (nSPS) is 11.8. The lowest BCUT2D eigenvalue weighted by Crippen LogP contribution is -2.37. The average molecular weight is 489 g/mol. The SMILES string of the molecule is CN=C(NCc1ccccn1)NCc1ccccc1S(=O)(=O)N(C)C.I. The quantitative estimate of drug-likeness (QED) is 0.367. The third kappa shape index (κ3) is 5.92. The summed E-state index contributed by atoms with van der Waals surface area (Å²) in [6, 6.07) is 12.6. The summed E-state index contributed by atoms with van der Waals surface area (Å²) in [7, 11) is 1.21. The van der Waals surface area contributed by atoms with Crippen LogP contribution >= 0.6 is 24.0 Å². The molecule has 1 aromatic heterocycles. The van der Waals surface area contributed by atoms with E-state index < -0.39 is 10.0 Å². The van der Waals surface area contributed by atoms with Crippen LogP contribution in [0, 0.1) is 0 Å². The van der Waals surface area contributed by atoms with Crippen LogP contribution in [0.4, 0.5) is 0 Å². The van der Waals surface area contributed by atoms with Gasteiger partial charge in [0.2, 0.25) is 10.0 Å². The fourth-order valence-electron chi connectivity index (χ4n) is 2.17. The van der Waals surface area contributed by atoms with Crippen molar-refractivity contribution in [2.45, 2.75) is 18.0 Å². The molecule has 0 atom stereocenters. The molecule has 26 heavy (non-hydrogen) atoms. The van der Waals surface area contributed by atoms with Crippen molar-refractivity contribution in [3.63, 3.8) is 0 Å². The number of aliphatic imine (C=N–C) groups is 1. The van der Waals surface area contributed by atoms with E-state index in [0.717, 1.165) is 5.69 Å². The van der Waals surface area contributed by atoms with Crippen molar-refractivity contribution in [2.24, 2.45) is 4.99 Å². The van der Waals surface area contributed by atoms with Gasteiger partial charge in [-0.15, -0.1) is 24.0 Å². The van der Waals surface area contributed by atoms with Gasteiger partial charge in [0, 0.05) is 33.9 Å². The number of rotatable bonds is 6. The highest BCUT2D eigenvalue weighted by molar-refractivity contribution is 14.0. The van der Waals surface area contributed by atoms with Crippen LogP contribution in [0.1, 0.15) is 11.3 Å². The summed E-state index contributed by atoms with van der Waals surface area (Å²) in [5, 5.41) is 6.29. The van der Waals surface area contributed by atoms with Gasteiger partial charge >= 0.3 is 0 Å². The molecule has 0 unspecified atom stereocenters. The molecule has 0 aliphatic heterocycles. The molecule has 0 aliphatic carbocycles. The van der Waals surface area contributed by atoms with Crippen molar-refractivity contribution < 1.29 is 8.42 Å². The monoisotopic (exact) mass is 489 g/mol.